The van der Waals surface area contributed by atoms with Crippen LogP contribution in [0.25, 0.3) is 11.1 Å². The predicted octanol–water partition coefficient (Wildman–Crippen LogP) is 2.86. The Morgan fingerprint density at radius 1 is 1.30 bits per heavy atom. The van der Waals surface area contributed by atoms with Crippen molar-refractivity contribution >= 4 is 23.5 Å². The lowest BCUT2D eigenvalue weighted by atomic mass is 9.90. The van der Waals surface area contributed by atoms with E-state index in [0.717, 1.165) is 36.2 Å². The summed E-state index contributed by atoms with van der Waals surface area (Å²) in [7, 11) is 3.84. The number of aromatic nitrogens is 5. The predicted molar refractivity (Wildman–Crippen MR) is 115 cm³/mol. The van der Waals surface area contributed by atoms with Crippen molar-refractivity contribution in [3.63, 3.8) is 0 Å². The molecule has 0 N–H and O–H groups in total. The monoisotopic (exact) mass is 425 g/mol. The lowest BCUT2D eigenvalue weighted by molar-refractivity contribution is -0.133. The summed E-state index contributed by atoms with van der Waals surface area (Å²) >= 11 is 6.13. The van der Waals surface area contributed by atoms with Gasteiger partial charge in [0.2, 0.25) is 11.9 Å². The SMILES string of the molecule is CN(C)c1ncc(-c2ccnc(Cl)c2)c([C@@H]2CCCN(C(=O)Cn3cccn3)C2)n1. The van der Waals surface area contributed by atoms with Gasteiger partial charge in [-0.2, -0.15) is 5.10 Å². The Hall–Kier alpha value is -3.00. The molecule has 3 aromatic rings. The first-order chi connectivity index (χ1) is 14.5. The van der Waals surface area contributed by atoms with E-state index in [2.05, 4.69) is 15.1 Å². The fourth-order valence-corrected chi connectivity index (χ4v) is 3.94. The molecule has 8 nitrogen and oxygen atoms in total. The van der Waals surface area contributed by atoms with Crippen molar-refractivity contribution in [1.82, 2.24) is 29.6 Å². The van der Waals surface area contributed by atoms with E-state index in [1.165, 1.54) is 0 Å². The second kappa shape index (κ2) is 8.79. The minimum Gasteiger partial charge on any atom is -0.347 e. The summed E-state index contributed by atoms with van der Waals surface area (Å²) in [6, 6.07) is 5.55. The number of pyridine rings is 1. The average molecular weight is 426 g/mol. The number of piperidine rings is 1. The number of hydrogen-bond donors (Lipinski definition) is 0. The summed E-state index contributed by atoms with van der Waals surface area (Å²) in [5.74, 6) is 0.830. The van der Waals surface area contributed by atoms with Gasteiger partial charge in [-0.1, -0.05) is 11.6 Å². The highest BCUT2D eigenvalue weighted by Gasteiger charge is 2.28. The zero-order valence-electron chi connectivity index (χ0n) is 17.1. The molecule has 1 atom stereocenters. The largest absolute Gasteiger partial charge is 0.347 e. The minimum absolute atomic E-state index is 0.0683. The normalized spacial score (nSPS) is 16.5. The smallest absolute Gasteiger partial charge is 0.244 e. The van der Waals surface area contributed by atoms with Gasteiger partial charge in [-0.25, -0.2) is 15.0 Å². The highest BCUT2D eigenvalue weighted by Crippen LogP contribution is 2.34. The number of carbonyl (C=O) groups is 1. The van der Waals surface area contributed by atoms with Crippen LogP contribution in [0.4, 0.5) is 5.95 Å². The summed E-state index contributed by atoms with van der Waals surface area (Å²) in [5, 5.41) is 4.57. The Morgan fingerprint density at radius 2 is 2.17 bits per heavy atom. The van der Waals surface area contributed by atoms with Crippen LogP contribution in [0.1, 0.15) is 24.5 Å². The second-order valence-electron chi connectivity index (χ2n) is 7.61. The molecular weight excluding hydrogens is 402 g/mol. The van der Waals surface area contributed by atoms with Crippen LogP contribution in [-0.2, 0) is 11.3 Å². The molecule has 0 radical (unpaired) electrons. The molecule has 0 bridgehead atoms. The van der Waals surface area contributed by atoms with Crippen LogP contribution in [0.15, 0.2) is 43.0 Å². The van der Waals surface area contributed by atoms with Crippen molar-refractivity contribution in [2.24, 2.45) is 0 Å². The number of carbonyl (C=O) groups excluding carboxylic acids is 1. The van der Waals surface area contributed by atoms with Crippen LogP contribution in [0.2, 0.25) is 5.15 Å². The average Bonchev–Trinajstić information content (AvgIpc) is 3.26. The van der Waals surface area contributed by atoms with Crippen molar-refractivity contribution in [1.29, 1.82) is 0 Å². The molecule has 1 amide bonds. The fourth-order valence-electron chi connectivity index (χ4n) is 3.76. The molecule has 0 saturated carbocycles. The Balaban J connectivity index is 1.64. The van der Waals surface area contributed by atoms with Gasteiger partial charge in [0.1, 0.15) is 11.7 Å². The molecule has 0 spiro atoms. The van der Waals surface area contributed by atoms with E-state index in [-0.39, 0.29) is 18.4 Å². The van der Waals surface area contributed by atoms with Crippen molar-refractivity contribution < 1.29 is 4.79 Å². The quantitative estimate of drug-likeness (QED) is 0.585. The molecule has 9 heteroatoms. The first-order valence-corrected chi connectivity index (χ1v) is 10.3. The third-order valence-corrected chi connectivity index (χ3v) is 5.47. The standard InChI is InChI=1S/C21H24ClN7O/c1-27(2)21-24-12-17(15-6-8-23-18(22)11-15)20(26-21)16-5-3-9-28(13-16)19(30)14-29-10-4-7-25-29/h4,6-8,10-12,16H,3,5,9,13-14H2,1-2H3/t16-/m1/s1. The topological polar surface area (TPSA) is 80.0 Å². The summed E-state index contributed by atoms with van der Waals surface area (Å²) < 4.78 is 1.66. The molecule has 30 heavy (non-hydrogen) atoms. The van der Waals surface area contributed by atoms with Gasteiger partial charge in [-0.3, -0.25) is 9.48 Å². The number of rotatable bonds is 5. The van der Waals surface area contributed by atoms with Crippen molar-refractivity contribution in [2.45, 2.75) is 25.3 Å². The first kappa shape index (κ1) is 20.3. The summed E-state index contributed by atoms with van der Waals surface area (Å²) in [6.07, 6.45) is 8.89. The number of hydrogen-bond acceptors (Lipinski definition) is 6. The Morgan fingerprint density at radius 3 is 2.90 bits per heavy atom. The summed E-state index contributed by atoms with van der Waals surface area (Å²) in [6.45, 7) is 1.62. The molecule has 4 heterocycles. The van der Waals surface area contributed by atoms with Gasteiger partial charge >= 0.3 is 0 Å². The van der Waals surface area contributed by atoms with Crippen LogP contribution >= 0.6 is 11.6 Å². The molecule has 3 aromatic heterocycles. The molecule has 156 valence electrons. The van der Waals surface area contributed by atoms with Crippen LogP contribution in [-0.4, -0.2) is 62.7 Å². The first-order valence-electron chi connectivity index (χ1n) is 9.92. The Kier molecular flexibility index (Phi) is 5.94. The lowest BCUT2D eigenvalue weighted by Crippen LogP contribution is -2.41. The van der Waals surface area contributed by atoms with Crippen LogP contribution < -0.4 is 4.90 Å². The number of amides is 1. The lowest BCUT2D eigenvalue weighted by Gasteiger charge is -2.33. The van der Waals surface area contributed by atoms with E-state index < -0.39 is 0 Å². The maximum absolute atomic E-state index is 12.8. The number of nitrogens with zero attached hydrogens (tertiary/aromatic N) is 7. The molecule has 1 fully saturated rings. The number of halogens is 1. The maximum atomic E-state index is 12.8. The zero-order valence-corrected chi connectivity index (χ0v) is 17.8. The van der Waals surface area contributed by atoms with E-state index >= 15 is 0 Å². The fraction of sp³-hybridized carbons (Fsp3) is 0.381. The third-order valence-electron chi connectivity index (χ3n) is 5.26. The second-order valence-corrected chi connectivity index (χ2v) is 8.00. The van der Waals surface area contributed by atoms with E-state index in [4.69, 9.17) is 16.6 Å². The van der Waals surface area contributed by atoms with Crippen LogP contribution in [0, 0.1) is 0 Å². The molecular formula is C21H24ClN7O. The molecule has 0 aliphatic carbocycles. The number of likely N-dealkylation sites (tertiary alicyclic amines) is 1. The van der Waals surface area contributed by atoms with E-state index in [9.17, 15) is 4.79 Å². The third kappa shape index (κ3) is 4.43. The summed E-state index contributed by atoms with van der Waals surface area (Å²) in [5.41, 5.74) is 2.79. The van der Waals surface area contributed by atoms with E-state index in [0.29, 0.717) is 17.6 Å². The van der Waals surface area contributed by atoms with Gasteiger partial charge in [-0.05, 0) is 36.6 Å². The summed E-state index contributed by atoms with van der Waals surface area (Å²) in [4.78, 5) is 30.1. The van der Waals surface area contributed by atoms with Crippen molar-refractivity contribution in [3.8, 4) is 11.1 Å². The van der Waals surface area contributed by atoms with E-state index in [1.54, 1.807) is 23.3 Å². The van der Waals surface area contributed by atoms with Gasteiger partial charge in [0.25, 0.3) is 0 Å². The molecule has 1 aliphatic heterocycles. The van der Waals surface area contributed by atoms with Gasteiger partial charge in [0.15, 0.2) is 0 Å². The van der Waals surface area contributed by atoms with Gasteiger partial charge in [0, 0.05) is 63.5 Å². The molecule has 0 aromatic carbocycles. The van der Waals surface area contributed by atoms with Gasteiger partial charge < -0.3 is 9.80 Å². The van der Waals surface area contributed by atoms with E-state index in [1.807, 2.05) is 48.3 Å². The van der Waals surface area contributed by atoms with Crippen molar-refractivity contribution in [2.75, 3.05) is 32.1 Å². The minimum atomic E-state index is 0.0683. The Bertz CT molecular complexity index is 1020. The molecule has 0 unspecified atom stereocenters. The molecule has 1 aliphatic rings. The van der Waals surface area contributed by atoms with Gasteiger partial charge in [-0.15, -0.1) is 0 Å². The highest BCUT2D eigenvalue weighted by atomic mass is 35.5. The van der Waals surface area contributed by atoms with Gasteiger partial charge in [0.05, 0.1) is 5.69 Å². The highest BCUT2D eigenvalue weighted by molar-refractivity contribution is 6.29. The van der Waals surface area contributed by atoms with Crippen LogP contribution in [0.3, 0.4) is 0 Å². The zero-order chi connectivity index (χ0) is 21.1. The molecule has 1 saturated heterocycles. The maximum Gasteiger partial charge on any atom is 0.244 e. The van der Waals surface area contributed by atoms with Crippen LogP contribution in [0.5, 0.6) is 0 Å². The molecule has 4 rings (SSSR count). The van der Waals surface area contributed by atoms with Crippen molar-refractivity contribution in [3.05, 3.63) is 53.8 Å². The Labute approximate surface area is 180 Å². The number of anilines is 1.